The predicted molar refractivity (Wildman–Crippen MR) is 224 cm³/mol. The first-order chi connectivity index (χ1) is 25.7. The van der Waals surface area contributed by atoms with E-state index in [1.807, 2.05) is 0 Å². The molecule has 0 bridgehead atoms. The van der Waals surface area contributed by atoms with Gasteiger partial charge in [0, 0.05) is 19.3 Å². The molecule has 6 heteroatoms. The van der Waals surface area contributed by atoms with Gasteiger partial charge in [-0.1, -0.05) is 214 Å². The fourth-order valence-electron chi connectivity index (χ4n) is 6.93. The van der Waals surface area contributed by atoms with Crippen molar-refractivity contribution in [3.05, 3.63) is 0 Å². The van der Waals surface area contributed by atoms with Crippen LogP contribution in [0.5, 0.6) is 0 Å². The number of esters is 3. The molecule has 6 nitrogen and oxygen atoms in total. The van der Waals surface area contributed by atoms with Gasteiger partial charge in [0.25, 0.3) is 0 Å². The van der Waals surface area contributed by atoms with Gasteiger partial charge in [-0.25, -0.2) is 0 Å². The second kappa shape index (κ2) is 40.1. The fourth-order valence-corrected chi connectivity index (χ4v) is 6.93. The minimum absolute atomic E-state index is 0.0651. The number of ether oxygens (including phenoxy) is 3. The Morgan fingerprint density at radius 1 is 0.358 bits per heavy atom. The lowest BCUT2D eigenvalue weighted by molar-refractivity contribution is -0.167. The van der Waals surface area contributed by atoms with Crippen molar-refractivity contribution >= 4 is 17.9 Å². The summed E-state index contributed by atoms with van der Waals surface area (Å²) in [6.45, 7) is 11.3. The van der Waals surface area contributed by atoms with Crippen molar-refractivity contribution in [2.75, 3.05) is 13.2 Å². The van der Waals surface area contributed by atoms with Gasteiger partial charge in [-0.15, -0.1) is 0 Å². The average Bonchev–Trinajstić information content (AvgIpc) is 3.12. The molecule has 314 valence electrons. The van der Waals surface area contributed by atoms with E-state index in [0.717, 1.165) is 69.6 Å². The van der Waals surface area contributed by atoms with E-state index in [1.54, 1.807) is 0 Å². The second-order valence-electron chi connectivity index (χ2n) is 17.0. The van der Waals surface area contributed by atoms with Crippen LogP contribution in [-0.4, -0.2) is 37.2 Å². The van der Waals surface area contributed by atoms with Crippen LogP contribution in [0.1, 0.15) is 253 Å². The molecule has 0 spiro atoms. The van der Waals surface area contributed by atoms with Crippen LogP contribution in [0.3, 0.4) is 0 Å². The molecule has 0 aliphatic carbocycles. The van der Waals surface area contributed by atoms with Crippen LogP contribution in [0, 0.1) is 11.8 Å². The normalized spacial score (nSPS) is 12.1. The van der Waals surface area contributed by atoms with Crippen molar-refractivity contribution in [3.63, 3.8) is 0 Å². The maximum absolute atomic E-state index is 12.7. The quantitative estimate of drug-likeness (QED) is 0.0352. The number of hydrogen-bond donors (Lipinski definition) is 0. The first kappa shape index (κ1) is 51.4. The van der Waals surface area contributed by atoms with Gasteiger partial charge in [0.2, 0.25) is 0 Å². The average molecular weight is 751 g/mol. The van der Waals surface area contributed by atoms with Crippen LogP contribution in [0.25, 0.3) is 0 Å². The van der Waals surface area contributed by atoms with Crippen LogP contribution < -0.4 is 0 Å². The number of hydrogen-bond acceptors (Lipinski definition) is 6. The lowest BCUT2D eigenvalue weighted by Gasteiger charge is -2.18. The Labute approximate surface area is 329 Å². The first-order valence-corrected chi connectivity index (χ1v) is 23.2. The molecule has 0 amide bonds. The van der Waals surface area contributed by atoms with Crippen molar-refractivity contribution in [3.8, 4) is 0 Å². The first-order valence-electron chi connectivity index (χ1n) is 23.2. The molecule has 0 aromatic heterocycles. The highest BCUT2D eigenvalue weighted by Gasteiger charge is 2.19. The van der Waals surface area contributed by atoms with Gasteiger partial charge < -0.3 is 14.2 Å². The lowest BCUT2D eigenvalue weighted by Crippen LogP contribution is -2.30. The zero-order chi connectivity index (χ0) is 39.0. The molecule has 0 saturated carbocycles. The highest BCUT2D eigenvalue weighted by atomic mass is 16.6. The van der Waals surface area contributed by atoms with Gasteiger partial charge in [0.15, 0.2) is 6.10 Å². The molecule has 0 N–H and O–H groups in total. The molecule has 0 unspecified atom stereocenters. The predicted octanol–water partition coefficient (Wildman–Crippen LogP) is 14.6. The molecule has 0 radical (unpaired) electrons. The zero-order valence-corrected chi connectivity index (χ0v) is 36.1. The SMILES string of the molecule is CCCCCCCCCCCCCC(=O)OC[C@H](COC(=O)CCCCCCCCCC(C)C)OC(=O)CCCCCCCCCCCCCC(C)C. The summed E-state index contributed by atoms with van der Waals surface area (Å²) in [6, 6.07) is 0. The van der Waals surface area contributed by atoms with Gasteiger partial charge in [0.1, 0.15) is 13.2 Å². The van der Waals surface area contributed by atoms with E-state index >= 15 is 0 Å². The number of carbonyl (C=O) groups excluding carboxylic acids is 3. The summed E-state index contributed by atoms with van der Waals surface area (Å²) >= 11 is 0. The molecular weight excluding hydrogens is 661 g/mol. The van der Waals surface area contributed by atoms with E-state index < -0.39 is 6.10 Å². The molecule has 53 heavy (non-hydrogen) atoms. The Morgan fingerprint density at radius 3 is 0.925 bits per heavy atom. The standard InChI is InChI=1S/C47H90O6/c1-6-7-8-9-10-11-13-17-22-27-32-37-45(48)51-40-44(41-52-46(49)38-33-28-24-19-21-26-31-36-43(4)5)53-47(50)39-34-29-23-18-15-12-14-16-20-25-30-35-42(2)3/h42-44H,6-41H2,1-5H3/t44-/m1/s1. The van der Waals surface area contributed by atoms with E-state index in [2.05, 4.69) is 34.6 Å². The molecule has 0 aliphatic heterocycles. The van der Waals surface area contributed by atoms with Gasteiger partial charge in [0.05, 0.1) is 0 Å². The molecule has 0 heterocycles. The van der Waals surface area contributed by atoms with E-state index in [1.165, 1.54) is 141 Å². The number of unbranched alkanes of at least 4 members (excludes halogenated alkanes) is 26. The number of carbonyl (C=O) groups is 3. The fraction of sp³-hybridized carbons (Fsp3) is 0.936. The van der Waals surface area contributed by atoms with Gasteiger partial charge in [-0.2, -0.15) is 0 Å². The van der Waals surface area contributed by atoms with Crippen LogP contribution in [-0.2, 0) is 28.6 Å². The lowest BCUT2D eigenvalue weighted by atomic mass is 10.0. The van der Waals surface area contributed by atoms with E-state index in [4.69, 9.17) is 14.2 Å². The summed E-state index contributed by atoms with van der Waals surface area (Å²) in [5.74, 6) is 0.747. The summed E-state index contributed by atoms with van der Waals surface area (Å²) < 4.78 is 16.7. The second-order valence-corrected chi connectivity index (χ2v) is 17.0. The van der Waals surface area contributed by atoms with Crippen LogP contribution in [0.4, 0.5) is 0 Å². The molecule has 0 saturated heterocycles. The van der Waals surface area contributed by atoms with Crippen LogP contribution in [0.2, 0.25) is 0 Å². The van der Waals surface area contributed by atoms with Gasteiger partial charge >= 0.3 is 17.9 Å². The Morgan fingerprint density at radius 2 is 0.623 bits per heavy atom. The summed E-state index contributed by atoms with van der Waals surface area (Å²) in [6.07, 6.45) is 38.1. The third kappa shape index (κ3) is 41.4. The number of rotatable bonds is 41. The van der Waals surface area contributed by atoms with E-state index in [-0.39, 0.29) is 31.1 Å². The van der Waals surface area contributed by atoms with Crippen LogP contribution in [0.15, 0.2) is 0 Å². The van der Waals surface area contributed by atoms with E-state index in [0.29, 0.717) is 19.3 Å². The summed E-state index contributed by atoms with van der Waals surface area (Å²) in [5, 5.41) is 0. The third-order valence-electron chi connectivity index (χ3n) is 10.5. The zero-order valence-electron chi connectivity index (χ0n) is 36.1. The summed E-state index contributed by atoms with van der Waals surface area (Å²) in [5.41, 5.74) is 0. The maximum Gasteiger partial charge on any atom is 0.306 e. The summed E-state index contributed by atoms with van der Waals surface area (Å²) in [7, 11) is 0. The highest BCUT2D eigenvalue weighted by Crippen LogP contribution is 2.16. The van der Waals surface area contributed by atoms with Crippen molar-refractivity contribution in [2.24, 2.45) is 11.8 Å². The Balaban J connectivity index is 4.33. The Bertz CT molecular complexity index is 809. The van der Waals surface area contributed by atoms with Gasteiger partial charge in [-0.05, 0) is 31.1 Å². The minimum atomic E-state index is -0.760. The van der Waals surface area contributed by atoms with Crippen molar-refractivity contribution in [1.29, 1.82) is 0 Å². The Hall–Kier alpha value is -1.59. The largest absolute Gasteiger partial charge is 0.462 e. The molecule has 0 rings (SSSR count). The Kier molecular flexibility index (Phi) is 38.9. The molecule has 0 aliphatic rings. The van der Waals surface area contributed by atoms with Crippen molar-refractivity contribution < 1.29 is 28.6 Å². The van der Waals surface area contributed by atoms with Crippen molar-refractivity contribution in [2.45, 2.75) is 259 Å². The van der Waals surface area contributed by atoms with Gasteiger partial charge in [-0.3, -0.25) is 14.4 Å². The minimum Gasteiger partial charge on any atom is -0.462 e. The summed E-state index contributed by atoms with van der Waals surface area (Å²) in [4.78, 5) is 37.7. The highest BCUT2D eigenvalue weighted by molar-refractivity contribution is 5.71. The molecule has 0 fully saturated rings. The van der Waals surface area contributed by atoms with Crippen molar-refractivity contribution in [1.82, 2.24) is 0 Å². The molecule has 0 aromatic carbocycles. The van der Waals surface area contributed by atoms with E-state index in [9.17, 15) is 14.4 Å². The maximum atomic E-state index is 12.7. The molecule has 1 atom stereocenters. The smallest absolute Gasteiger partial charge is 0.306 e. The molecular formula is C47H90O6. The topological polar surface area (TPSA) is 78.9 Å². The third-order valence-corrected chi connectivity index (χ3v) is 10.5. The monoisotopic (exact) mass is 751 g/mol. The van der Waals surface area contributed by atoms with Crippen LogP contribution >= 0.6 is 0 Å². The molecule has 0 aromatic rings.